The van der Waals surface area contributed by atoms with Gasteiger partial charge in [0.1, 0.15) is 0 Å². The van der Waals surface area contributed by atoms with Gasteiger partial charge in [-0.05, 0) is 68.2 Å². The highest BCUT2D eigenvalue weighted by molar-refractivity contribution is 5.15. The highest BCUT2D eigenvalue weighted by Crippen LogP contribution is 2.70. The summed E-state index contributed by atoms with van der Waals surface area (Å²) in [6, 6.07) is 0.878. The average molecular weight is 219 g/mol. The number of hydrogen-bond acceptors (Lipinski definition) is 1. The minimum atomic E-state index is 0.878. The fraction of sp³-hybridized carbons (Fsp3) is 1.00. The molecule has 0 saturated heterocycles. The Kier molecular flexibility index (Phi) is 2.16. The molecule has 4 aliphatic carbocycles. The zero-order valence-electron chi connectivity index (χ0n) is 10.5. The van der Waals surface area contributed by atoms with Gasteiger partial charge in [0.2, 0.25) is 0 Å². The number of fused-ring (bicyclic) bond motifs is 5. The highest BCUT2D eigenvalue weighted by atomic mass is 14.9. The Bertz CT molecular complexity index is 267. The maximum atomic E-state index is 3.66. The van der Waals surface area contributed by atoms with Crippen molar-refractivity contribution in [1.82, 2.24) is 5.32 Å². The Labute approximate surface area is 99.4 Å². The van der Waals surface area contributed by atoms with Gasteiger partial charge in [0.05, 0.1) is 0 Å². The van der Waals surface area contributed by atoms with Gasteiger partial charge in [0.25, 0.3) is 0 Å². The minimum absolute atomic E-state index is 0.878. The van der Waals surface area contributed by atoms with Crippen LogP contribution in [0, 0.1) is 35.5 Å². The summed E-state index contributed by atoms with van der Waals surface area (Å²) in [6.07, 6.45) is 10.8. The van der Waals surface area contributed by atoms with Crippen molar-refractivity contribution in [2.24, 2.45) is 35.5 Å². The first-order chi connectivity index (χ1) is 7.88. The van der Waals surface area contributed by atoms with Crippen molar-refractivity contribution in [2.75, 3.05) is 7.05 Å². The van der Waals surface area contributed by atoms with Crippen LogP contribution in [0.1, 0.15) is 44.9 Å². The smallest absolute Gasteiger partial charge is 0.0101 e. The van der Waals surface area contributed by atoms with Crippen LogP contribution in [0.25, 0.3) is 0 Å². The predicted octanol–water partition coefficient (Wildman–Crippen LogP) is 3.06. The molecule has 5 atom stereocenters. The standard InChI is InChI=1S/C15H25N/c1-16-12(7-9-3-2-4-9)15-13-10-5-6-11(8-10)14(13)15/h9-16H,2-8H2,1H3. The van der Waals surface area contributed by atoms with E-state index in [1.54, 1.807) is 19.3 Å². The fourth-order valence-corrected chi connectivity index (χ4v) is 5.49. The molecule has 4 aliphatic rings. The summed E-state index contributed by atoms with van der Waals surface area (Å²) < 4.78 is 0. The molecule has 0 aromatic rings. The van der Waals surface area contributed by atoms with E-state index in [-0.39, 0.29) is 0 Å². The van der Waals surface area contributed by atoms with E-state index < -0.39 is 0 Å². The Morgan fingerprint density at radius 2 is 1.75 bits per heavy atom. The molecule has 4 saturated carbocycles. The molecule has 4 fully saturated rings. The molecule has 1 heteroatoms. The molecule has 0 aromatic carbocycles. The Hall–Kier alpha value is -0.0400. The monoisotopic (exact) mass is 219 g/mol. The predicted molar refractivity (Wildman–Crippen MR) is 66.1 cm³/mol. The third-order valence-corrected chi connectivity index (χ3v) is 6.44. The van der Waals surface area contributed by atoms with E-state index in [0.29, 0.717) is 0 Å². The lowest BCUT2D eigenvalue weighted by Gasteiger charge is -2.30. The second kappa shape index (κ2) is 3.48. The van der Waals surface area contributed by atoms with Crippen molar-refractivity contribution in [3.05, 3.63) is 0 Å². The van der Waals surface area contributed by atoms with Gasteiger partial charge in [-0.15, -0.1) is 0 Å². The first-order valence-electron chi connectivity index (χ1n) is 7.55. The molecule has 0 radical (unpaired) electrons. The summed E-state index contributed by atoms with van der Waals surface area (Å²) in [5, 5.41) is 3.66. The molecule has 90 valence electrons. The molecule has 0 aromatic heterocycles. The molecule has 16 heavy (non-hydrogen) atoms. The van der Waals surface area contributed by atoms with E-state index in [4.69, 9.17) is 0 Å². The van der Waals surface area contributed by atoms with E-state index in [1.807, 2.05) is 0 Å². The lowest BCUT2D eigenvalue weighted by atomic mass is 9.79. The molecule has 0 heterocycles. The molecule has 0 amide bonds. The van der Waals surface area contributed by atoms with Crippen LogP contribution in [-0.2, 0) is 0 Å². The van der Waals surface area contributed by atoms with Crippen molar-refractivity contribution >= 4 is 0 Å². The molecule has 1 N–H and O–H groups in total. The first-order valence-corrected chi connectivity index (χ1v) is 7.55. The van der Waals surface area contributed by atoms with Gasteiger partial charge in [-0.3, -0.25) is 0 Å². The number of hydrogen-bond donors (Lipinski definition) is 1. The van der Waals surface area contributed by atoms with Crippen LogP contribution in [0.15, 0.2) is 0 Å². The van der Waals surface area contributed by atoms with Gasteiger partial charge in [-0.25, -0.2) is 0 Å². The molecule has 2 bridgehead atoms. The average Bonchev–Trinajstić information content (AvgIpc) is 2.67. The first kappa shape index (κ1) is 9.94. The largest absolute Gasteiger partial charge is 0.317 e. The lowest BCUT2D eigenvalue weighted by Crippen LogP contribution is -2.34. The van der Waals surface area contributed by atoms with E-state index in [2.05, 4.69) is 12.4 Å². The zero-order valence-corrected chi connectivity index (χ0v) is 10.5. The van der Waals surface area contributed by atoms with Gasteiger partial charge >= 0.3 is 0 Å². The van der Waals surface area contributed by atoms with Gasteiger partial charge in [-0.2, -0.15) is 0 Å². The quantitative estimate of drug-likeness (QED) is 0.766. The van der Waals surface area contributed by atoms with Crippen LogP contribution in [-0.4, -0.2) is 13.1 Å². The van der Waals surface area contributed by atoms with Crippen molar-refractivity contribution in [2.45, 2.75) is 51.0 Å². The maximum absolute atomic E-state index is 3.66. The normalized spacial score (nSPS) is 51.2. The summed E-state index contributed by atoms with van der Waals surface area (Å²) >= 11 is 0. The third-order valence-electron chi connectivity index (χ3n) is 6.44. The molecule has 0 spiro atoms. The Morgan fingerprint density at radius 3 is 2.25 bits per heavy atom. The maximum Gasteiger partial charge on any atom is 0.0101 e. The van der Waals surface area contributed by atoms with Crippen molar-refractivity contribution in [1.29, 1.82) is 0 Å². The summed E-state index contributed by atoms with van der Waals surface area (Å²) in [6.45, 7) is 0. The third kappa shape index (κ3) is 1.27. The van der Waals surface area contributed by atoms with Crippen LogP contribution in [0.5, 0.6) is 0 Å². The summed E-state index contributed by atoms with van der Waals surface area (Å²) in [4.78, 5) is 0. The summed E-state index contributed by atoms with van der Waals surface area (Å²) in [5.41, 5.74) is 0. The van der Waals surface area contributed by atoms with E-state index in [1.165, 1.54) is 25.7 Å². The molecular formula is C15H25N. The lowest BCUT2D eigenvalue weighted by molar-refractivity contribution is 0.238. The topological polar surface area (TPSA) is 12.0 Å². The molecule has 1 nitrogen and oxygen atoms in total. The van der Waals surface area contributed by atoms with Gasteiger partial charge in [-0.1, -0.05) is 19.3 Å². The number of rotatable bonds is 4. The van der Waals surface area contributed by atoms with E-state index in [0.717, 1.165) is 41.5 Å². The van der Waals surface area contributed by atoms with Crippen molar-refractivity contribution in [3.8, 4) is 0 Å². The van der Waals surface area contributed by atoms with Crippen LogP contribution in [0.4, 0.5) is 0 Å². The fourth-order valence-electron chi connectivity index (χ4n) is 5.49. The molecule has 4 rings (SSSR count). The van der Waals surface area contributed by atoms with Crippen molar-refractivity contribution in [3.63, 3.8) is 0 Å². The molecule has 0 aliphatic heterocycles. The highest BCUT2D eigenvalue weighted by Gasteiger charge is 2.66. The Morgan fingerprint density at radius 1 is 1.06 bits per heavy atom. The summed E-state index contributed by atoms with van der Waals surface area (Å²) in [5.74, 6) is 6.80. The van der Waals surface area contributed by atoms with Crippen LogP contribution in [0.3, 0.4) is 0 Å². The van der Waals surface area contributed by atoms with Crippen molar-refractivity contribution < 1.29 is 0 Å². The zero-order chi connectivity index (χ0) is 10.7. The van der Waals surface area contributed by atoms with Crippen LogP contribution in [0.2, 0.25) is 0 Å². The second-order valence-electron chi connectivity index (χ2n) is 6.99. The van der Waals surface area contributed by atoms with Gasteiger partial charge < -0.3 is 5.32 Å². The molecule has 5 unspecified atom stereocenters. The van der Waals surface area contributed by atoms with E-state index >= 15 is 0 Å². The van der Waals surface area contributed by atoms with Gasteiger partial charge in [0, 0.05) is 6.04 Å². The minimum Gasteiger partial charge on any atom is -0.317 e. The molecular weight excluding hydrogens is 194 g/mol. The van der Waals surface area contributed by atoms with Gasteiger partial charge in [0.15, 0.2) is 0 Å². The summed E-state index contributed by atoms with van der Waals surface area (Å²) in [7, 11) is 2.21. The number of nitrogens with one attached hydrogen (secondary N) is 1. The van der Waals surface area contributed by atoms with E-state index in [9.17, 15) is 0 Å². The van der Waals surface area contributed by atoms with Crippen LogP contribution < -0.4 is 5.32 Å². The van der Waals surface area contributed by atoms with Crippen LogP contribution >= 0.6 is 0 Å². The SMILES string of the molecule is CNC(CC1CCC1)C1C2C3CCC(C3)C21. The second-order valence-corrected chi connectivity index (χ2v) is 6.99. The Balaban J connectivity index is 1.42.